The third-order valence-electron chi connectivity index (χ3n) is 3.23. The summed E-state index contributed by atoms with van der Waals surface area (Å²) < 4.78 is -0.879. The van der Waals surface area contributed by atoms with E-state index in [-0.39, 0.29) is 31.1 Å². The van der Waals surface area contributed by atoms with E-state index in [1.54, 1.807) is 6.08 Å². The maximum atomic E-state index is 11.8. The first-order chi connectivity index (χ1) is 10.7. The molecule has 0 saturated heterocycles. The van der Waals surface area contributed by atoms with Crippen LogP contribution in [0, 0.1) is 0 Å². The quantitative estimate of drug-likeness (QED) is 0.234. The number of nitrogens with zero attached hydrogens (tertiary/aromatic N) is 2. The fraction of sp³-hybridized carbons (Fsp3) is 0.600. The third kappa shape index (κ3) is 8.17. The normalized spacial score (nSPS) is 15.5. The van der Waals surface area contributed by atoms with Gasteiger partial charge < -0.3 is 25.5 Å². The Kier molecular flexibility index (Phi) is 9.82. The molecule has 0 heterocycles. The van der Waals surface area contributed by atoms with Crippen LogP contribution >= 0.6 is 12.6 Å². The van der Waals surface area contributed by atoms with E-state index >= 15 is 0 Å². The minimum atomic E-state index is -0.879. The van der Waals surface area contributed by atoms with Crippen LogP contribution in [0.25, 0.3) is 0 Å². The average molecular weight is 344 g/mol. The standard InChI is InChI=1S/C15H28N4O3S/c1-6-13(21)16-11-17-14(22)7-8-15(23,10-20)12(19(4)5)9-18(2)3/h6-8,12,20,23H,1,9-11H2,2-5H3,(H,16,21)(H,17,22). The van der Waals surface area contributed by atoms with E-state index in [0.29, 0.717) is 6.54 Å². The molecule has 3 N–H and O–H groups in total. The first-order valence-corrected chi connectivity index (χ1v) is 7.62. The SMILES string of the molecule is C=CC(=O)NCNC(=O)C=CC(S)(CO)C(CN(C)C)N(C)C. The molecule has 0 bridgehead atoms. The second-order valence-electron chi connectivity index (χ2n) is 5.69. The van der Waals surface area contributed by atoms with Crippen LogP contribution in [0.5, 0.6) is 0 Å². The van der Waals surface area contributed by atoms with Crippen molar-refractivity contribution in [1.29, 1.82) is 0 Å². The minimum Gasteiger partial charge on any atom is -0.395 e. The summed E-state index contributed by atoms with van der Waals surface area (Å²) in [4.78, 5) is 26.7. The fourth-order valence-electron chi connectivity index (χ4n) is 1.95. The van der Waals surface area contributed by atoms with Gasteiger partial charge in [0.25, 0.3) is 0 Å². The zero-order valence-electron chi connectivity index (χ0n) is 14.2. The van der Waals surface area contributed by atoms with Crippen molar-refractivity contribution in [3.8, 4) is 0 Å². The van der Waals surface area contributed by atoms with E-state index in [1.807, 2.05) is 38.0 Å². The Morgan fingerprint density at radius 1 is 1.26 bits per heavy atom. The van der Waals surface area contributed by atoms with E-state index in [9.17, 15) is 14.7 Å². The second-order valence-corrected chi connectivity index (χ2v) is 6.52. The van der Waals surface area contributed by atoms with Crippen LogP contribution in [0.1, 0.15) is 0 Å². The lowest BCUT2D eigenvalue weighted by Gasteiger charge is -2.39. The number of carbonyl (C=O) groups is 2. The van der Waals surface area contributed by atoms with E-state index in [1.165, 1.54) is 6.08 Å². The molecule has 0 aromatic carbocycles. The van der Waals surface area contributed by atoms with Crippen LogP contribution in [0.4, 0.5) is 0 Å². The number of carbonyl (C=O) groups excluding carboxylic acids is 2. The average Bonchev–Trinajstić information content (AvgIpc) is 2.49. The van der Waals surface area contributed by atoms with Crippen LogP contribution < -0.4 is 10.6 Å². The minimum absolute atomic E-state index is 0.00152. The Morgan fingerprint density at radius 3 is 2.26 bits per heavy atom. The van der Waals surface area contributed by atoms with Crippen molar-refractivity contribution in [3.05, 3.63) is 24.8 Å². The molecule has 2 atom stereocenters. The number of rotatable bonds is 10. The maximum Gasteiger partial charge on any atom is 0.245 e. The van der Waals surface area contributed by atoms with Crippen molar-refractivity contribution in [1.82, 2.24) is 20.4 Å². The monoisotopic (exact) mass is 344 g/mol. The van der Waals surface area contributed by atoms with E-state index < -0.39 is 4.75 Å². The van der Waals surface area contributed by atoms with Crippen molar-refractivity contribution in [2.24, 2.45) is 0 Å². The molecule has 0 aromatic heterocycles. The zero-order valence-corrected chi connectivity index (χ0v) is 15.1. The molecule has 0 aliphatic heterocycles. The summed E-state index contributed by atoms with van der Waals surface area (Å²) in [6, 6.07) is -0.102. The Morgan fingerprint density at radius 2 is 1.83 bits per heavy atom. The summed E-state index contributed by atoms with van der Waals surface area (Å²) in [6.07, 6.45) is 4.01. The molecular formula is C15H28N4O3S. The predicted molar refractivity (Wildman–Crippen MR) is 95.3 cm³/mol. The molecular weight excluding hydrogens is 316 g/mol. The van der Waals surface area contributed by atoms with Gasteiger partial charge in [-0.3, -0.25) is 9.59 Å². The van der Waals surface area contributed by atoms with Crippen LogP contribution in [-0.2, 0) is 9.59 Å². The Labute approximate surface area is 143 Å². The first-order valence-electron chi connectivity index (χ1n) is 7.18. The van der Waals surface area contributed by atoms with Crippen molar-refractivity contribution >= 4 is 24.4 Å². The van der Waals surface area contributed by atoms with Gasteiger partial charge >= 0.3 is 0 Å². The second kappa shape index (κ2) is 10.4. The fourth-order valence-corrected chi connectivity index (χ4v) is 2.34. The maximum absolute atomic E-state index is 11.8. The van der Waals surface area contributed by atoms with E-state index in [2.05, 4.69) is 29.8 Å². The summed E-state index contributed by atoms with van der Waals surface area (Å²) in [5, 5.41) is 14.7. The lowest BCUT2D eigenvalue weighted by Crippen LogP contribution is -2.52. The van der Waals surface area contributed by atoms with Gasteiger partial charge in [0.2, 0.25) is 11.8 Å². The van der Waals surface area contributed by atoms with Gasteiger partial charge in [-0.2, -0.15) is 12.6 Å². The number of aliphatic hydroxyl groups is 1. The van der Waals surface area contributed by atoms with Gasteiger partial charge in [-0.15, -0.1) is 0 Å². The van der Waals surface area contributed by atoms with Gasteiger partial charge in [0.05, 0.1) is 18.0 Å². The number of nitrogens with one attached hydrogen (secondary N) is 2. The molecule has 0 rings (SSSR count). The smallest absolute Gasteiger partial charge is 0.245 e. The molecule has 0 saturated carbocycles. The first kappa shape index (κ1) is 21.6. The number of likely N-dealkylation sites (N-methyl/N-ethyl adjacent to an activating group) is 2. The highest BCUT2D eigenvalue weighted by Crippen LogP contribution is 2.24. The van der Waals surface area contributed by atoms with Crippen molar-refractivity contribution < 1.29 is 14.7 Å². The number of thiol groups is 1. The van der Waals surface area contributed by atoms with E-state index in [4.69, 9.17) is 0 Å². The molecule has 23 heavy (non-hydrogen) atoms. The van der Waals surface area contributed by atoms with Crippen LogP contribution in [-0.4, -0.2) is 85.5 Å². The summed E-state index contributed by atoms with van der Waals surface area (Å²) in [7, 11) is 7.66. The van der Waals surface area contributed by atoms with Gasteiger partial charge in [-0.1, -0.05) is 12.7 Å². The van der Waals surface area contributed by atoms with Crippen LogP contribution in [0.2, 0.25) is 0 Å². The van der Waals surface area contributed by atoms with Crippen LogP contribution in [0.3, 0.4) is 0 Å². The lowest BCUT2D eigenvalue weighted by atomic mass is 9.97. The summed E-state index contributed by atoms with van der Waals surface area (Å²) in [6.45, 7) is 3.76. The van der Waals surface area contributed by atoms with Crippen molar-refractivity contribution in [2.75, 3.05) is 48.0 Å². The summed E-state index contributed by atoms with van der Waals surface area (Å²) in [5.74, 6) is -0.754. The molecule has 0 aliphatic carbocycles. The summed E-state index contributed by atoms with van der Waals surface area (Å²) >= 11 is 4.57. The number of aliphatic hydroxyl groups excluding tert-OH is 1. The molecule has 0 aromatic rings. The van der Waals surface area contributed by atoms with Gasteiger partial charge in [-0.05, 0) is 34.3 Å². The highest BCUT2D eigenvalue weighted by Gasteiger charge is 2.34. The lowest BCUT2D eigenvalue weighted by molar-refractivity contribution is -0.118. The third-order valence-corrected chi connectivity index (χ3v) is 3.81. The van der Waals surface area contributed by atoms with Gasteiger partial charge in [-0.25, -0.2) is 0 Å². The van der Waals surface area contributed by atoms with Gasteiger partial charge in [0, 0.05) is 18.7 Å². The number of hydrogen-bond acceptors (Lipinski definition) is 6. The molecule has 0 aliphatic rings. The van der Waals surface area contributed by atoms with E-state index in [0.717, 1.165) is 6.08 Å². The molecule has 0 fully saturated rings. The van der Waals surface area contributed by atoms with Gasteiger partial charge in [0.15, 0.2) is 0 Å². The Hall–Kier alpha value is -1.35. The highest BCUT2D eigenvalue weighted by molar-refractivity contribution is 7.82. The summed E-state index contributed by atoms with van der Waals surface area (Å²) in [5.41, 5.74) is 0. The Balaban J connectivity index is 4.82. The Bertz CT molecular complexity index is 440. The molecule has 132 valence electrons. The molecule has 2 unspecified atom stereocenters. The zero-order chi connectivity index (χ0) is 18.0. The molecule has 0 radical (unpaired) electrons. The topological polar surface area (TPSA) is 84.9 Å². The predicted octanol–water partition coefficient (Wildman–Crippen LogP) is -0.929. The largest absolute Gasteiger partial charge is 0.395 e. The van der Waals surface area contributed by atoms with Gasteiger partial charge in [0.1, 0.15) is 0 Å². The highest BCUT2D eigenvalue weighted by atomic mass is 32.1. The number of amides is 2. The number of hydrogen-bond donors (Lipinski definition) is 4. The molecule has 2 amide bonds. The van der Waals surface area contributed by atoms with Crippen LogP contribution in [0.15, 0.2) is 24.8 Å². The van der Waals surface area contributed by atoms with Crippen molar-refractivity contribution in [3.63, 3.8) is 0 Å². The molecule has 7 nitrogen and oxygen atoms in total. The molecule has 0 spiro atoms. The molecule has 8 heteroatoms. The van der Waals surface area contributed by atoms with Crippen molar-refractivity contribution in [2.45, 2.75) is 10.8 Å².